The van der Waals surface area contributed by atoms with Crippen LogP contribution in [0.25, 0.3) is 0 Å². The van der Waals surface area contributed by atoms with Gasteiger partial charge in [-0.2, -0.15) is 0 Å². The molecule has 0 aliphatic heterocycles. The maximum absolute atomic E-state index is 12.2. The number of carbonyl (C=O) groups is 1. The van der Waals surface area contributed by atoms with E-state index in [0.717, 1.165) is 9.88 Å². The number of amides is 1. The van der Waals surface area contributed by atoms with Gasteiger partial charge in [-0.05, 0) is 25.3 Å². The Balaban J connectivity index is 2.02. The van der Waals surface area contributed by atoms with Crippen molar-refractivity contribution < 1.29 is 14.6 Å². The highest BCUT2D eigenvalue weighted by Gasteiger charge is 2.26. The van der Waals surface area contributed by atoms with Crippen molar-refractivity contribution in [1.29, 1.82) is 0 Å². The van der Waals surface area contributed by atoms with Crippen molar-refractivity contribution in [3.63, 3.8) is 0 Å². The van der Waals surface area contributed by atoms with Gasteiger partial charge >= 0.3 is 0 Å². The molecule has 1 atom stereocenters. The summed E-state index contributed by atoms with van der Waals surface area (Å²) in [5.74, 6) is -0.218. The SMILES string of the molecule is COCc1nc(C)c(C(=O)NCC(C)(O)c2cccs2)s1. The van der Waals surface area contributed by atoms with Crippen LogP contribution in [0, 0.1) is 6.92 Å². The molecule has 2 aromatic heterocycles. The lowest BCUT2D eigenvalue weighted by molar-refractivity contribution is 0.0557. The lowest BCUT2D eigenvalue weighted by Gasteiger charge is -2.22. The number of rotatable bonds is 6. The zero-order valence-electron chi connectivity index (χ0n) is 12.2. The number of aromatic nitrogens is 1. The van der Waals surface area contributed by atoms with Gasteiger partial charge in [-0.15, -0.1) is 22.7 Å². The Morgan fingerprint density at radius 3 is 2.95 bits per heavy atom. The maximum atomic E-state index is 12.2. The van der Waals surface area contributed by atoms with Crippen LogP contribution in [-0.2, 0) is 16.9 Å². The van der Waals surface area contributed by atoms with E-state index in [1.807, 2.05) is 17.5 Å². The summed E-state index contributed by atoms with van der Waals surface area (Å²) in [4.78, 5) is 17.9. The van der Waals surface area contributed by atoms with Crippen LogP contribution in [0.15, 0.2) is 17.5 Å². The van der Waals surface area contributed by atoms with E-state index < -0.39 is 5.60 Å². The number of thiazole rings is 1. The Morgan fingerprint density at radius 1 is 1.57 bits per heavy atom. The minimum Gasteiger partial charge on any atom is -0.383 e. The first-order valence-electron chi connectivity index (χ1n) is 6.44. The summed E-state index contributed by atoms with van der Waals surface area (Å²) < 4.78 is 5.02. The third-order valence-electron chi connectivity index (χ3n) is 2.96. The Morgan fingerprint density at radius 2 is 2.33 bits per heavy atom. The van der Waals surface area contributed by atoms with E-state index in [9.17, 15) is 9.90 Å². The predicted molar refractivity (Wildman–Crippen MR) is 83.8 cm³/mol. The molecule has 0 saturated heterocycles. The van der Waals surface area contributed by atoms with Crippen molar-refractivity contribution >= 4 is 28.6 Å². The predicted octanol–water partition coefficient (Wildman–Crippen LogP) is 2.30. The van der Waals surface area contributed by atoms with Gasteiger partial charge in [0.1, 0.15) is 15.5 Å². The van der Waals surface area contributed by atoms with Crippen molar-refractivity contribution in [2.24, 2.45) is 0 Å². The molecular formula is C14H18N2O3S2. The molecule has 0 aromatic carbocycles. The van der Waals surface area contributed by atoms with Crippen molar-refractivity contribution in [3.05, 3.63) is 38.0 Å². The number of ether oxygens (including phenoxy) is 1. The molecule has 0 bridgehead atoms. The van der Waals surface area contributed by atoms with Gasteiger partial charge in [-0.1, -0.05) is 6.07 Å². The van der Waals surface area contributed by atoms with Crippen LogP contribution in [0.5, 0.6) is 0 Å². The molecular weight excluding hydrogens is 308 g/mol. The minimum absolute atomic E-state index is 0.156. The number of hydrogen-bond acceptors (Lipinski definition) is 6. The molecule has 1 unspecified atom stereocenters. The molecule has 0 aliphatic carbocycles. The Bertz CT molecular complexity index is 606. The topological polar surface area (TPSA) is 71.5 Å². The van der Waals surface area contributed by atoms with Crippen LogP contribution < -0.4 is 5.32 Å². The van der Waals surface area contributed by atoms with Gasteiger partial charge in [-0.25, -0.2) is 4.98 Å². The average molecular weight is 326 g/mol. The summed E-state index contributed by atoms with van der Waals surface area (Å²) in [6.07, 6.45) is 0. The molecule has 0 radical (unpaired) electrons. The van der Waals surface area contributed by atoms with Crippen LogP contribution in [0.2, 0.25) is 0 Å². The number of aliphatic hydroxyl groups is 1. The molecule has 0 saturated carbocycles. The number of nitrogens with one attached hydrogen (secondary N) is 1. The van der Waals surface area contributed by atoms with E-state index in [1.54, 1.807) is 21.0 Å². The Hall–Kier alpha value is -1.28. The lowest BCUT2D eigenvalue weighted by atomic mass is 10.1. The van der Waals surface area contributed by atoms with Gasteiger partial charge < -0.3 is 15.2 Å². The lowest BCUT2D eigenvalue weighted by Crippen LogP contribution is -2.38. The molecule has 0 fully saturated rings. The van der Waals surface area contributed by atoms with Crippen molar-refractivity contribution in [2.75, 3.05) is 13.7 Å². The summed E-state index contributed by atoms with van der Waals surface area (Å²) >= 11 is 2.78. The molecule has 0 aliphatic rings. The van der Waals surface area contributed by atoms with Crippen molar-refractivity contribution in [3.8, 4) is 0 Å². The summed E-state index contributed by atoms with van der Waals surface area (Å²) in [7, 11) is 1.59. The molecule has 5 nitrogen and oxygen atoms in total. The molecule has 7 heteroatoms. The first kappa shape index (κ1) is 16.1. The highest BCUT2D eigenvalue weighted by molar-refractivity contribution is 7.13. The average Bonchev–Trinajstić information content (AvgIpc) is 3.06. The fourth-order valence-electron chi connectivity index (χ4n) is 1.85. The Kier molecular flexibility index (Phi) is 5.10. The van der Waals surface area contributed by atoms with Crippen LogP contribution in [0.1, 0.15) is 32.2 Å². The highest BCUT2D eigenvalue weighted by atomic mass is 32.1. The molecule has 2 rings (SSSR count). The summed E-state index contributed by atoms with van der Waals surface area (Å²) in [6.45, 7) is 4.03. The van der Waals surface area contributed by atoms with Crippen LogP contribution in [-0.4, -0.2) is 29.7 Å². The first-order valence-corrected chi connectivity index (χ1v) is 8.13. The van der Waals surface area contributed by atoms with E-state index in [1.165, 1.54) is 22.7 Å². The summed E-state index contributed by atoms with van der Waals surface area (Å²) in [6, 6.07) is 3.73. The third-order valence-corrected chi connectivity index (χ3v) is 5.21. The molecule has 114 valence electrons. The molecule has 2 heterocycles. The van der Waals surface area contributed by atoms with Crippen LogP contribution >= 0.6 is 22.7 Å². The molecule has 2 aromatic rings. The number of aryl methyl sites for hydroxylation is 1. The van der Waals surface area contributed by atoms with Crippen molar-refractivity contribution in [2.45, 2.75) is 26.1 Å². The monoisotopic (exact) mass is 326 g/mol. The zero-order chi connectivity index (χ0) is 15.5. The van der Waals surface area contributed by atoms with E-state index in [2.05, 4.69) is 10.3 Å². The van der Waals surface area contributed by atoms with E-state index in [-0.39, 0.29) is 12.5 Å². The number of nitrogens with zero attached hydrogens (tertiary/aromatic N) is 1. The van der Waals surface area contributed by atoms with Gasteiger partial charge in [0.15, 0.2) is 0 Å². The quantitative estimate of drug-likeness (QED) is 0.854. The van der Waals surface area contributed by atoms with Gasteiger partial charge in [0.25, 0.3) is 5.91 Å². The second kappa shape index (κ2) is 6.65. The Labute approximate surface area is 131 Å². The normalized spacial score (nSPS) is 13.9. The number of thiophene rings is 1. The third kappa shape index (κ3) is 3.88. The number of carbonyl (C=O) groups excluding carboxylic acids is 1. The highest BCUT2D eigenvalue weighted by Crippen LogP contribution is 2.25. The van der Waals surface area contributed by atoms with E-state index in [4.69, 9.17) is 4.74 Å². The largest absolute Gasteiger partial charge is 0.383 e. The standard InChI is InChI=1S/C14H18N2O3S2/c1-9-12(21-11(16-9)7-19-3)13(17)15-8-14(2,18)10-5-4-6-20-10/h4-6,18H,7-8H2,1-3H3,(H,15,17). The van der Waals surface area contributed by atoms with Crippen molar-refractivity contribution in [1.82, 2.24) is 10.3 Å². The van der Waals surface area contributed by atoms with E-state index >= 15 is 0 Å². The second-order valence-electron chi connectivity index (χ2n) is 4.89. The van der Waals surface area contributed by atoms with Gasteiger partial charge in [-0.3, -0.25) is 4.79 Å². The maximum Gasteiger partial charge on any atom is 0.263 e. The van der Waals surface area contributed by atoms with Crippen LogP contribution in [0.3, 0.4) is 0 Å². The molecule has 2 N–H and O–H groups in total. The number of hydrogen-bond donors (Lipinski definition) is 2. The van der Waals surface area contributed by atoms with Crippen LogP contribution in [0.4, 0.5) is 0 Å². The fourth-order valence-corrected chi connectivity index (χ4v) is 3.59. The van der Waals surface area contributed by atoms with Gasteiger partial charge in [0.05, 0.1) is 18.8 Å². The molecule has 0 spiro atoms. The fraction of sp³-hybridized carbons (Fsp3) is 0.429. The second-order valence-corrected chi connectivity index (χ2v) is 6.92. The van der Waals surface area contributed by atoms with Gasteiger partial charge in [0, 0.05) is 12.0 Å². The number of methoxy groups -OCH3 is 1. The molecule has 21 heavy (non-hydrogen) atoms. The smallest absolute Gasteiger partial charge is 0.263 e. The minimum atomic E-state index is -1.07. The van der Waals surface area contributed by atoms with E-state index in [0.29, 0.717) is 17.2 Å². The zero-order valence-corrected chi connectivity index (χ0v) is 13.8. The first-order chi connectivity index (χ1) is 9.94. The summed E-state index contributed by atoms with van der Waals surface area (Å²) in [5.41, 5.74) is -0.391. The molecule has 1 amide bonds. The summed E-state index contributed by atoms with van der Waals surface area (Å²) in [5, 5.41) is 15.8. The van der Waals surface area contributed by atoms with Gasteiger partial charge in [0.2, 0.25) is 0 Å².